The number of rotatable bonds is 3. The molecule has 1 aliphatic rings. The number of halogens is 2. The van der Waals surface area contributed by atoms with Crippen molar-refractivity contribution in [1.29, 1.82) is 0 Å². The average molecular weight is 347 g/mol. The van der Waals surface area contributed by atoms with Gasteiger partial charge in [0.15, 0.2) is 0 Å². The Labute approximate surface area is 144 Å². The number of hydrogen-bond donors (Lipinski definition) is 1. The third-order valence-corrected chi connectivity index (χ3v) is 4.17. The molecule has 24 heavy (non-hydrogen) atoms. The van der Waals surface area contributed by atoms with E-state index in [0.29, 0.717) is 11.4 Å². The number of aryl methyl sites for hydroxylation is 2. The lowest BCUT2D eigenvalue weighted by Crippen LogP contribution is -2.28. The van der Waals surface area contributed by atoms with Gasteiger partial charge < -0.3 is 10.2 Å². The Morgan fingerprint density at radius 2 is 2.12 bits per heavy atom. The van der Waals surface area contributed by atoms with Crippen LogP contribution >= 0.6 is 11.6 Å². The van der Waals surface area contributed by atoms with Crippen LogP contribution in [0.3, 0.4) is 0 Å². The summed E-state index contributed by atoms with van der Waals surface area (Å²) < 4.78 is 13.9. The number of nitrogens with zero attached hydrogens (tertiary/aromatic N) is 1. The van der Waals surface area contributed by atoms with E-state index in [9.17, 15) is 9.18 Å². The molecule has 0 aliphatic carbocycles. The second kappa shape index (κ2) is 6.61. The zero-order valence-electron chi connectivity index (χ0n) is 13.3. The Bertz CT molecular complexity index is 816. The van der Waals surface area contributed by atoms with Crippen molar-refractivity contribution in [2.45, 2.75) is 26.4 Å². The standard InChI is InChI=1S/C18H16ClFN2O2/c1-10-6-7-14(11(2)8-10)21-18(23)16-9-15(22-24-16)17-12(19)4-3-5-13(17)20/h3-8,16H,9H2,1-2H3,(H,21,23)/t16-/m1/s1. The Balaban J connectivity index is 1.71. The first-order valence-electron chi connectivity index (χ1n) is 7.51. The molecule has 4 nitrogen and oxygen atoms in total. The normalized spacial score (nSPS) is 16.5. The Kier molecular flexibility index (Phi) is 4.53. The van der Waals surface area contributed by atoms with Crippen molar-refractivity contribution in [2.75, 3.05) is 5.32 Å². The van der Waals surface area contributed by atoms with Crippen LogP contribution in [0.1, 0.15) is 23.1 Å². The van der Waals surface area contributed by atoms with Gasteiger partial charge in [0.2, 0.25) is 6.10 Å². The van der Waals surface area contributed by atoms with Crippen LogP contribution in [0.2, 0.25) is 5.02 Å². The Morgan fingerprint density at radius 3 is 2.83 bits per heavy atom. The van der Waals surface area contributed by atoms with Gasteiger partial charge in [-0.05, 0) is 37.6 Å². The number of hydrogen-bond acceptors (Lipinski definition) is 3. The van der Waals surface area contributed by atoms with Gasteiger partial charge in [-0.25, -0.2) is 4.39 Å². The van der Waals surface area contributed by atoms with E-state index in [0.717, 1.165) is 11.1 Å². The van der Waals surface area contributed by atoms with Gasteiger partial charge in [0, 0.05) is 12.1 Å². The highest BCUT2D eigenvalue weighted by molar-refractivity contribution is 6.34. The van der Waals surface area contributed by atoms with Crippen molar-refractivity contribution in [2.24, 2.45) is 5.16 Å². The Hall–Kier alpha value is -2.40. The third kappa shape index (κ3) is 3.26. The van der Waals surface area contributed by atoms with Crippen LogP contribution in [-0.4, -0.2) is 17.7 Å². The number of anilines is 1. The van der Waals surface area contributed by atoms with Crippen molar-refractivity contribution >= 4 is 28.9 Å². The van der Waals surface area contributed by atoms with Gasteiger partial charge in [-0.3, -0.25) is 4.79 Å². The fourth-order valence-corrected chi connectivity index (χ4v) is 2.88. The molecule has 1 N–H and O–H groups in total. The van der Waals surface area contributed by atoms with E-state index in [4.69, 9.17) is 16.4 Å². The summed E-state index contributed by atoms with van der Waals surface area (Å²) >= 11 is 6.03. The predicted octanol–water partition coefficient (Wildman–Crippen LogP) is 4.23. The third-order valence-electron chi connectivity index (χ3n) is 3.85. The summed E-state index contributed by atoms with van der Waals surface area (Å²) in [5, 5.41) is 6.90. The lowest BCUT2D eigenvalue weighted by atomic mass is 10.0. The summed E-state index contributed by atoms with van der Waals surface area (Å²) in [4.78, 5) is 17.5. The lowest BCUT2D eigenvalue weighted by Gasteiger charge is -2.12. The molecule has 3 rings (SSSR count). The van der Waals surface area contributed by atoms with Crippen LogP contribution in [0.15, 0.2) is 41.6 Å². The van der Waals surface area contributed by atoms with E-state index in [-0.39, 0.29) is 22.9 Å². The lowest BCUT2D eigenvalue weighted by molar-refractivity contribution is -0.125. The minimum atomic E-state index is -0.809. The van der Waals surface area contributed by atoms with Crippen LogP contribution in [0, 0.1) is 19.7 Å². The van der Waals surface area contributed by atoms with Crippen molar-refractivity contribution in [3.8, 4) is 0 Å². The van der Waals surface area contributed by atoms with Crippen LogP contribution in [0.25, 0.3) is 0 Å². The monoisotopic (exact) mass is 346 g/mol. The van der Waals surface area contributed by atoms with Crippen molar-refractivity contribution < 1.29 is 14.0 Å². The first kappa shape index (κ1) is 16.5. The molecule has 1 atom stereocenters. The minimum Gasteiger partial charge on any atom is -0.382 e. The summed E-state index contributed by atoms with van der Waals surface area (Å²) in [5.74, 6) is -0.812. The number of carbonyl (C=O) groups is 1. The molecule has 1 aliphatic heterocycles. The fraction of sp³-hybridized carbons (Fsp3) is 0.222. The van der Waals surface area contributed by atoms with Crippen molar-refractivity contribution in [3.63, 3.8) is 0 Å². The van der Waals surface area contributed by atoms with Gasteiger partial charge in [0.05, 0.1) is 16.3 Å². The molecule has 0 aromatic heterocycles. The van der Waals surface area contributed by atoms with Gasteiger partial charge in [-0.2, -0.15) is 0 Å². The summed E-state index contributed by atoms with van der Waals surface area (Å²) in [6.07, 6.45) is -0.645. The van der Waals surface area contributed by atoms with Crippen molar-refractivity contribution in [3.05, 3.63) is 63.9 Å². The van der Waals surface area contributed by atoms with E-state index in [1.807, 2.05) is 32.0 Å². The van der Waals surface area contributed by atoms with Gasteiger partial charge >= 0.3 is 0 Å². The van der Waals surface area contributed by atoms with Gasteiger partial charge in [0.1, 0.15) is 5.82 Å². The first-order valence-corrected chi connectivity index (χ1v) is 7.88. The van der Waals surface area contributed by atoms with Gasteiger partial charge in [-0.1, -0.05) is 40.5 Å². The van der Waals surface area contributed by atoms with Crippen LogP contribution in [-0.2, 0) is 9.63 Å². The molecular formula is C18H16ClFN2O2. The molecule has 0 spiro atoms. The molecule has 0 unspecified atom stereocenters. The smallest absolute Gasteiger partial charge is 0.268 e. The largest absolute Gasteiger partial charge is 0.382 e. The molecule has 0 bridgehead atoms. The zero-order chi connectivity index (χ0) is 17.3. The topological polar surface area (TPSA) is 50.7 Å². The average Bonchev–Trinajstić information content (AvgIpc) is 2.99. The molecule has 2 aromatic carbocycles. The molecule has 1 heterocycles. The Morgan fingerprint density at radius 1 is 1.33 bits per heavy atom. The quantitative estimate of drug-likeness (QED) is 0.904. The number of benzene rings is 2. The summed E-state index contributed by atoms with van der Waals surface area (Å²) in [7, 11) is 0. The van der Waals surface area contributed by atoms with Gasteiger partial charge in [0.25, 0.3) is 5.91 Å². The number of amides is 1. The molecule has 0 saturated heterocycles. The highest BCUT2D eigenvalue weighted by atomic mass is 35.5. The maximum atomic E-state index is 13.9. The second-order valence-corrected chi connectivity index (χ2v) is 6.15. The van der Waals surface area contributed by atoms with Gasteiger partial charge in [-0.15, -0.1) is 0 Å². The maximum Gasteiger partial charge on any atom is 0.268 e. The molecule has 6 heteroatoms. The van der Waals surface area contributed by atoms with Crippen LogP contribution in [0.5, 0.6) is 0 Å². The molecule has 124 valence electrons. The molecule has 0 saturated carbocycles. The molecule has 0 fully saturated rings. The minimum absolute atomic E-state index is 0.164. The van der Waals surface area contributed by atoms with E-state index < -0.39 is 11.9 Å². The highest BCUT2D eigenvalue weighted by Crippen LogP contribution is 2.26. The highest BCUT2D eigenvalue weighted by Gasteiger charge is 2.31. The van der Waals surface area contributed by atoms with E-state index >= 15 is 0 Å². The molecular weight excluding hydrogens is 331 g/mol. The molecule has 2 aromatic rings. The first-order chi connectivity index (χ1) is 11.5. The fourth-order valence-electron chi connectivity index (χ4n) is 2.61. The molecule has 1 amide bonds. The summed E-state index contributed by atoms with van der Waals surface area (Å²) in [5.41, 5.74) is 3.30. The predicted molar refractivity (Wildman–Crippen MR) is 92.0 cm³/mol. The number of carbonyl (C=O) groups excluding carboxylic acids is 1. The van der Waals surface area contributed by atoms with E-state index in [2.05, 4.69) is 10.5 Å². The van der Waals surface area contributed by atoms with E-state index in [1.54, 1.807) is 6.07 Å². The second-order valence-electron chi connectivity index (χ2n) is 5.74. The summed E-state index contributed by atoms with van der Waals surface area (Å²) in [6.45, 7) is 3.90. The van der Waals surface area contributed by atoms with E-state index in [1.165, 1.54) is 12.1 Å². The maximum absolute atomic E-state index is 13.9. The SMILES string of the molecule is Cc1ccc(NC(=O)[C@H]2CC(c3c(F)cccc3Cl)=NO2)c(C)c1. The zero-order valence-corrected chi connectivity index (χ0v) is 14.0. The van der Waals surface area contributed by atoms with Crippen molar-refractivity contribution in [1.82, 2.24) is 0 Å². The van der Waals surface area contributed by atoms with Crippen LogP contribution < -0.4 is 5.32 Å². The van der Waals surface area contributed by atoms with Crippen LogP contribution in [0.4, 0.5) is 10.1 Å². The number of oxime groups is 1. The number of nitrogens with one attached hydrogen (secondary N) is 1. The summed E-state index contributed by atoms with van der Waals surface area (Å²) in [6, 6.07) is 10.1. The molecule has 0 radical (unpaired) electrons.